The van der Waals surface area contributed by atoms with E-state index in [0.29, 0.717) is 0 Å². The molecule has 0 saturated carbocycles. The summed E-state index contributed by atoms with van der Waals surface area (Å²) in [6.07, 6.45) is 0. The third-order valence-corrected chi connectivity index (χ3v) is 5.78. The number of ether oxygens (including phenoxy) is 1. The summed E-state index contributed by atoms with van der Waals surface area (Å²) in [4.78, 5) is 3.79. The van der Waals surface area contributed by atoms with E-state index in [1.807, 2.05) is 18.2 Å². The summed E-state index contributed by atoms with van der Waals surface area (Å²) >= 11 is 11.6. The van der Waals surface area contributed by atoms with Gasteiger partial charge in [0.15, 0.2) is 0 Å². The Morgan fingerprint density at radius 3 is 2.68 bits per heavy atom. The summed E-state index contributed by atoms with van der Waals surface area (Å²) in [5.74, 6) is 0.887. The van der Waals surface area contributed by atoms with Crippen LogP contribution in [0.2, 0.25) is 5.02 Å². The number of nitrogens with zero attached hydrogens (tertiary/aromatic N) is 1. The molecule has 22 heavy (non-hydrogen) atoms. The molecule has 0 amide bonds. The molecule has 1 aliphatic heterocycles. The predicted octanol–water partition coefficient (Wildman–Crippen LogP) is 4.17. The number of halogens is 2. The number of rotatable bonds is 4. The van der Waals surface area contributed by atoms with Gasteiger partial charge in [0.05, 0.1) is 16.9 Å². The molecule has 0 radical (unpaired) electrons. The van der Waals surface area contributed by atoms with E-state index in [4.69, 9.17) is 16.3 Å². The van der Waals surface area contributed by atoms with Crippen LogP contribution in [-0.2, 0) is 0 Å². The lowest BCUT2D eigenvalue weighted by atomic mass is 10.0. The van der Waals surface area contributed by atoms with E-state index in [0.717, 1.165) is 46.3 Å². The van der Waals surface area contributed by atoms with Crippen LogP contribution in [0.15, 0.2) is 34.1 Å². The second-order valence-corrected chi connectivity index (χ2v) is 8.15. The molecule has 2 aromatic rings. The van der Waals surface area contributed by atoms with Crippen LogP contribution in [0.1, 0.15) is 16.5 Å². The molecule has 1 aromatic heterocycles. The Hall–Kier alpha value is -0.590. The average molecular weight is 402 g/mol. The van der Waals surface area contributed by atoms with Crippen molar-refractivity contribution in [3.05, 3.63) is 49.6 Å². The van der Waals surface area contributed by atoms with Crippen molar-refractivity contribution in [2.75, 3.05) is 33.3 Å². The van der Waals surface area contributed by atoms with E-state index in [9.17, 15) is 0 Å². The average Bonchev–Trinajstić information content (AvgIpc) is 2.95. The first kappa shape index (κ1) is 16.3. The van der Waals surface area contributed by atoms with Gasteiger partial charge in [0.2, 0.25) is 0 Å². The van der Waals surface area contributed by atoms with Gasteiger partial charge in [-0.2, -0.15) is 0 Å². The molecule has 3 nitrogen and oxygen atoms in total. The molecule has 6 heteroatoms. The Morgan fingerprint density at radius 1 is 1.27 bits per heavy atom. The van der Waals surface area contributed by atoms with E-state index in [1.165, 1.54) is 4.88 Å². The van der Waals surface area contributed by atoms with Gasteiger partial charge in [0, 0.05) is 41.6 Å². The van der Waals surface area contributed by atoms with Crippen LogP contribution in [-0.4, -0.2) is 38.2 Å². The molecule has 1 aromatic carbocycles. The van der Waals surface area contributed by atoms with Gasteiger partial charge in [-0.25, -0.2) is 0 Å². The van der Waals surface area contributed by atoms with Crippen LogP contribution in [0.25, 0.3) is 0 Å². The number of hydrogen-bond acceptors (Lipinski definition) is 4. The van der Waals surface area contributed by atoms with Crippen LogP contribution in [0, 0.1) is 0 Å². The van der Waals surface area contributed by atoms with Crippen LogP contribution >= 0.6 is 38.9 Å². The van der Waals surface area contributed by atoms with Crippen LogP contribution < -0.4 is 10.1 Å². The molecule has 1 fully saturated rings. The highest BCUT2D eigenvalue weighted by Crippen LogP contribution is 2.40. The molecule has 1 unspecified atom stereocenters. The first-order valence-electron chi connectivity index (χ1n) is 7.22. The minimum atomic E-state index is 0.173. The fourth-order valence-electron chi connectivity index (χ4n) is 2.86. The number of piperazine rings is 1. The fraction of sp³-hybridized carbons (Fsp3) is 0.375. The second kappa shape index (κ2) is 7.32. The van der Waals surface area contributed by atoms with Crippen LogP contribution in [0.3, 0.4) is 0 Å². The minimum Gasteiger partial charge on any atom is -0.496 e. The lowest BCUT2D eigenvalue weighted by Crippen LogP contribution is -2.45. The van der Waals surface area contributed by atoms with Crippen molar-refractivity contribution in [3.8, 4) is 5.75 Å². The molecular formula is C16H18BrClN2OS. The lowest BCUT2D eigenvalue weighted by Gasteiger charge is -2.35. The van der Waals surface area contributed by atoms with E-state index in [2.05, 4.69) is 38.3 Å². The smallest absolute Gasteiger partial charge is 0.124 e. The Balaban J connectivity index is 2.06. The third kappa shape index (κ3) is 3.49. The maximum atomic E-state index is 6.26. The first-order chi connectivity index (χ1) is 10.7. The molecule has 3 rings (SSSR count). The van der Waals surface area contributed by atoms with Gasteiger partial charge < -0.3 is 10.1 Å². The van der Waals surface area contributed by atoms with E-state index in [-0.39, 0.29) is 6.04 Å². The highest BCUT2D eigenvalue weighted by Gasteiger charge is 2.27. The van der Waals surface area contributed by atoms with Gasteiger partial charge in [0.25, 0.3) is 0 Å². The molecule has 1 atom stereocenters. The van der Waals surface area contributed by atoms with Crippen molar-refractivity contribution in [1.82, 2.24) is 10.2 Å². The highest BCUT2D eigenvalue weighted by molar-refractivity contribution is 9.11. The van der Waals surface area contributed by atoms with Gasteiger partial charge in [-0.15, -0.1) is 11.3 Å². The van der Waals surface area contributed by atoms with E-state index < -0.39 is 0 Å². The first-order valence-corrected chi connectivity index (χ1v) is 9.21. The number of thiophene rings is 1. The monoisotopic (exact) mass is 400 g/mol. The van der Waals surface area contributed by atoms with Gasteiger partial charge in [-0.3, -0.25) is 4.90 Å². The van der Waals surface area contributed by atoms with Gasteiger partial charge >= 0.3 is 0 Å². The zero-order valence-corrected chi connectivity index (χ0v) is 15.5. The molecule has 0 spiro atoms. The zero-order valence-electron chi connectivity index (χ0n) is 12.3. The van der Waals surface area contributed by atoms with Crippen LogP contribution in [0.4, 0.5) is 0 Å². The normalized spacial score (nSPS) is 17.4. The predicted molar refractivity (Wildman–Crippen MR) is 96.3 cm³/mol. The number of nitrogens with one attached hydrogen (secondary N) is 1. The molecule has 2 heterocycles. The summed E-state index contributed by atoms with van der Waals surface area (Å²) in [6.45, 7) is 4.03. The summed E-state index contributed by atoms with van der Waals surface area (Å²) in [5, 5.41) is 4.16. The summed E-state index contributed by atoms with van der Waals surface area (Å²) < 4.78 is 6.73. The maximum Gasteiger partial charge on any atom is 0.124 e. The standard InChI is InChI=1S/C16H18BrClN2OS/c1-21-13-3-2-11(18)10-12(13)16(14-4-5-15(17)22-14)20-8-6-19-7-9-20/h2-5,10,16,19H,6-9H2,1H3. The maximum absolute atomic E-state index is 6.26. The van der Waals surface area contributed by atoms with E-state index in [1.54, 1.807) is 18.4 Å². The molecule has 118 valence electrons. The number of hydrogen-bond donors (Lipinski definition) is 1. The Bertz CT molecular complexity index is 643. The molecular weight excluding hydrogens is 384 g/mol. The summed E-state index contributed by atoms with van der Waals surface area (Å²) in [7, 11) is 1.71. The highest BCUT2D eigenvalue weighted by atomic mass is 79.9. The Labute approximate surface area is 148 Å². The number of methoxy groups -OCH3 is 1. The van der Waals surface area contributed by atoms with Crippen molar-refractivity contribution >= 4 is 38.9 Å². The van der Waals surface area contributed by atoms with Crippen LogP contribution in [0.5, 0.6) is 5.75 Å². The largest absolute Gasteiger partial charge is 0.496 e. The van der Waals surface area contributed by atoms with Gasteiger partial charge in [-0.1, -0.05) is 11.6 Å². The van der Waals surface area contributed by atoms with Gasteiger partial charge in [-0.05, 0) is 46.3 Å². The minimum absolute atomic E-state index is 0.173. The topological polar surface area (TPSA) is 24.5 Å². The third-order valence-electron chi connectivity index (χ3n) is 3.87. The molecule has 1 aliphatic rings. The SMILES string of the molecule is COc1ccc(Cl)cc1C(c1ccc(Br)s1)N1CCNCC1. The quantitative estimate of drug-likeness (QED) is 0.832. The summed E-state index contributed by atoms with van der Waals surface area (Å²) in [6, 6.07) is 10.3. The Kier molecular flexibility index (Phi) is 5.42. The van der Waals surface area contributed by atoms with Crippen molar-refractivity contribution in [2.45, 2.75) is 6.04 Å². The second-order valence-electron chi connectivity index (χ2n) is 5.22. The fourth-order valence-corrected chi connectivity index (χ4v) is 4.62. The molecule has 1 N–H and O–H groups in total. The Morgan fingerprint density at radius 2 is 2.05 bits per heavy atom. The van der Waals surface area contributed by atoms with Crippen molar-refractivity contribution in [2.24, 2.45) is 0 Å². The molecule has 0 aliphatic carbocycles. The number of benzene rings is 1. The lowest BCUT2D eigenvalue weighted by molar-refractivity contribution is 0.197. The van der Waals surface area contributed by atoms with Gasteiger partial charge in [0.1, 0.15) is 5.75 Å². The molecule has 1 saturated heterocycles. The van der Waals surface area contributed by atoms with E-state index >= 15 is 0 Å². The zero-order chi connectivity index (χ0) is 15.5. The van der Waals surface area contributed by atoms with Crippen molar-refractivity contribution in [1.29, 1.82) is 0 Å². The molecule has 0 bridgehead atoms. The summed E-state index contributed by atoms with van der Waals surface area (Å²) in [5.41, 5.74) is 1.13. The van der Waals surface area contributed by atoms with Crippen molar-refractivity contribution < 1.29 is 4.74 Å². The van der Waals surface area contributed by atoms with Crippen molar-refractivity contribution in [3.63, 3.8) is 0 Å².